The molecule has 0 saturated heterocycles. The number of hydrogen-bond acceptors (Lipinski definition) is 2. The van der Waals surface area contributed by atoms with Gasteiger partial charge in [0.25, 0.3) is 10.1 Å². The van der Waals surface area contributed by atoms with Crippen LogP contribution >= 0.6 is 0 Å². The average Bonchev–Trinajstić information content (AvgIpc) is 2.50. The van der Waals surface area contributed by atoms with E-state index in [0.717, 1.165) is 42.6 Å². The largest absolute Gasteiger partial charge is 0.320 e. The first-order valence-electron chi connectivity index (χ1n) is 7.86. The van der Waals surface area contributed by atoms with Crippen LogP contribution in [0.2, 0.25) is 0 Å². The van der Waals surface area contributed by atoms with Crippen molar-refractivity contribution in [3.63, 3.8) is 0 Å². The van der Waals surface area contributed by atoms with Gasteiger partial charge >= 0.3 is 0 Å². The lowest BCUT2D eigenvalue weighted by molar-refractivity contribution is -0.938. The second-order valence-corrected chi connectivity index (χ2v) is 7.37. The second-order valence-electron chi connectivity index (χ2n) is 5.79. The first-order valence-corrected chi connectivity index (χ1v) is 9.46. The van der Waals surface area contributed by atoms with E-state index < -0.39 is 10.1 Å². The summed E-state index contributed by atoms with van der Waals surface area (Å²) in [6.07, 6.45) is 3.14. The Morgan fingerprint density at radius 1 is 1.14 bits per heavy atom. The number of hydrogen-bond donors (Lipinski definition) is 1. The standard InChI is InChI=1S/C17H27NO3S/c1-4-16-9-11-17(12-10-16)15-18(5-2,6-3)13-7-8-14-22(19,20)21/h4,9-12H,1,5-8,13-15H2,2-3H3/p+1. The summed E-state index contributed by atoms with van der Waals surface area (Å²) in [6, 6.07) is 8.41. The molecule has 22 heavy (non-hydrogen) atoms. The molecule has 0 aromatic heterocycles. The van der Waals surface area contributed by atoms with Crippen molar-refractivity contribution < 1.29 is 17.5 Å². The highest BCUT2D eigenvalue weighted by molar-refractivity contribution is 7.85. The van der Waals surface area contributed by atoms with Crippen LogP contribution in [0.25, 0.3) is 6.08 Å². The third-order valence-corrected chi connectivity index (χ3v) is 5.16. The first kappa shape index (κ1) is 18.9. The highest BCUT2D eigenvalue weighted by atomic mass is 32.2. The van der Waals surface area contributed by atoms with Gasteiger partial charge in [-0.1, -0.05) is 36.9 Å². The molecule has 0 atom stereocenters. The maximum atomic E-state index is 10.8. The van der Waals surface area contributed by atoms with Crippen LogP contribution in [0.5, 0.6) is 0 Å². The summed E-state index contributed by atoms with van der Waals surface area (Å²) in [5.41, 5.74) is 2.40. The Bertz CT molecular complexity index is 560. The molecule has 124 valence electrons. The lowest BCUT2D eigenvalue weighted by Crippen LogP contribution is -2.47. The molecular formula is C17H28NO3S+. The number of unbranched alkanes of at least 4 members (excludes halogenated alkanes) is 1. The molecule has 4 nitrogen and oxygen atoms in total. The maximum absolute atomic E-state index is 10.8. The Labute approximate surface area is 134 Å². The van der Waals surface area contributed by atoms with Crippen molar-refractivity contribution in [2.24, 2.45) is 0 Å². The smallest absolute Gasteiger partial charge is 0.264 e. The third kappa shape index (κ3) is 6.30. The van der Waals surface area contributed by atoms with Crippen molar-refractivity contribution in [2.75, 3.05) is 25.4 Å². The predicted octanol–water partition coefficient (Wildman–Crippen LogP) is 3.35. The molecule has 0 unspecified atom stereocenters. The van der Waals surface area contributed by atoms with Gasteiger partial charge in [-0.15, -0.1) is 0 Å². The van der Waals surface area contributed by atoms with Gasteiger partial charge in [0.05, 0.1) is 25.4 Å². The zero-order chi connectivity index (χ0) is 16.6. The van der Waals surface area contributed by atoms with Crippen molar-refractivity contribution in [1.29, 1.82) is 0 Å². The molecule has 0 bridgehead atoms. The summed E-state index contributed by atoms with van der Waals surface area (Å²) in [7, 11) is -3.84. The highest BCUT2D eigenvalue weighted by Crippen LogP contribution is 2.17. The fourth-order valence-corrected chi connectivity index (χ4v) is 3.29. The minimum absolute atomic E-state index is 0.144. The molecule has 0 radical (unpaired) electrons. The van der Waals surface area contributed by atoms with Crippen LogP contribution in [-0.2, 0) is 16.7 Å². The molecule has 0 saturated carbocycles. The number of rotatable bonds is 10. The molecule has 0 amide bonds. The van der Waals surface area contributed by atoms with Gasteiger partial charge in [0.1, 0.15) is 6.54 Å². The van der Waals surface area contributed by atoms with E-state index in [2.05, 4.69) is 44.7 Å². The number of benzene rings is 1. The summed E-state index contributed by atoms with van der Waals surface area (Å²) in [6.45, 7) is 12.0. The molecular weight excluding hydrogens is 298 g/mol. The van der Waals surface area contributed by atoms with Crippen molar-refractivity contribution in [3.05, 3.63) is 42.0 Å². The third-order valence-electron chi connectivity index (χ3n) is 4.36. The van der Waals surface area contributed by atoms with E-state index in [0.29, 0.717) is 6.42 Å². The highest BCUT2D eigenvalue weighted by Gasteiger charge is 2.23. The van der Waals surface area contributed by atoms with Crippen molar-refractivity contribution >= 4 is 16.2 Å². The van der Waals surface area contributed by atoms with Crippen LogP contribution in [0, 0.1) is 0 Å². The van der Waals surface area contributed by atoms with E-state index >= 15 is 0 Å². The predicted molar refractivity (Wildman–Crippen MR) is 92.1 cm³/mol. The summed E-state index contributed by atoms with van der Waals surface area (Å²) in [4.78, 5) is 0. The maximum Gasteiger partial charge on any atom is 0.264 e. The van der Waals surface area contributed by atoms with Crippen LogP contribution in [0.1, 0.15) is 37.8 Å². The van der Waals surface area contributed by atoms with Gasteiger partial charge in [-0.25, -0.2) is 0 Å². The van der Waals surface area contributed by atoms with Gasteiger partial charge in [-0.2, -0.15) is 8.42 Å². The fourth-order valence-electron chi connectivity index (χ4n) is 2.72. The quantitative estimate of drug-likeness (QED) is 0.407. The van der Waals surface area contributed by atoms with Gasteiger partial charge in [0.15, 0.2) is 0 Å². The topological polar surface area (TPSA) is 54.4 Å². The van der Waals surface area contributed by atoms with E-state index in [1.54, 1.807) is 0 Å². The average molecular weight is 326 g/mol. The monoisotopic (exact) mass is 326 g/mol. The van der Waals surface area contributed by atoms with Crippen LogP contribution in [0.3, 0.4) is 0 Å². The molecule has 5 heteroatoms. The van der Waals surface area contributed by atoms with Crippen molar-refractivity contribution in [3.8, 4) is 0 Å². The van der Waals surface area contributed by atoms with E-state index in [1.807, 2.05) is 6.08 Å². The van der Waals surface area contributed by atoms with Gasteiger partial charge in [0, 0.05) is 5.56 Å². The molecule has 0 aliphatic carbocycles. The number of quaternary nitrogens is 1. The molecule has 0 heterocycles. The molecule has 1 aromatic rings. The fraction of sp³-hybridized carbons (Fsp3) is 0.529. The Morgan fingerprint density at radius 3 is 2.18 bits per heavy atom. The van der Waals surface area contributed by atoms with Gasteiger partial charge in [-0.3, -0.25) is 4.55 Å². The molecule has 1 aromatic carbocycles. The molecule has 1 rings (SSSR count). The van der Waals surface area contributed by atoms with Crippen LogP contribution in [0.15, 0.2) is 30.8 Å². The lowest BCUT2D eigenvalue weighted by atomic mass is 10.1. The van der Waals surface area contributed by atoms with E-state index in [-0.39, 0.29) is 5.75 Å². The van der Waals surface area contributed by atoms with Crippen molar-refractivity contribution in [2.45, 2.75) is 33.2 Å². The molecule has 0 fully saturated rings. The van der Waals surface area contributed by atoms with Crippen molar-refractivity contribution in [1.82, 2.24) is 0 Å². The van der Waals surface area contributed by atoms with Crippen LogP contribution < -0.4 is 0 Å². The summed E-state index contributed by atoms with van der Waals surface area (Å²) in [5.74, 6) is -0.144. The molecule has 1 N–H and O–H groups in total. The zero-order valence-electron chi connectivity index (χ0n) is 13.7. The first-order chi connectivity index (χ1) is 10.3. The summed E-state index contributed by atoms with van der Waals surface area (Å²) >= 11 is 0. The normalized spacial score (nSPS) is 12.3. The Morgan fingerprint density at radius 2 is 1.73 bits per heavy atom. The summed E-state index contributed by atoms with van der Waals surface area (Å²) < 4.78 is 31.3. The van der Waals surface area contributed by atoms with Crippen LogP contribution in [0.4, 0.5) is 0 Å². The van der Waals surface area contributed by atoms with Gasteiger partial charge in [-0.05, 0) is 32.3 Å². The van der Waals surface area contributed by atoms with E-state index in [1.165, 1.54) is 5.56 Å². The van der Waals surface area contributed by atoms with E-state index in [4.69, 9.17) is 4.55 Å². The van der Waals surface area contributed by atoms with Gasteiger partial charge in [0.2, 0.25) is 0 Å². The van der Waals surface area contributed by atoms with Crippen LogP contribution in [-0.4, -0.2) is 42.8 Å². The minimum Gasteiger partial charge on any atom is -0.320 e. The Kier molecular flexibility index (Phi) is 7.26. The molecule has 0 aliphatic rings. The van der Waals surface area contributed by atoms with E-state index in [9.17, 15) is 8.42 Å². The molecule has 0 spiro atoms. The Hall–Kier alpha value is -1.17. The van der Waals surface area contributed by atoms with Gasteiger partial charge < -0.3 is 4.48 Å². The number of nitrogens with zero attached hydrogens (tertiary/aromatic N) is 1. The lowest BCUT2D eigenvalue weighted by Gasteiger charge is -2.37. The molecule has 0 aliphatic heterocycles. The second kappa shape index (κ2) is 8.46. The minimum atomic E-state index is -3.84. The Balaban J connectivity index is 2.66. The SMILES string of the molecule is C=Cc1ccc(C[N+](CC)(CC)CCCCS(=O)(=O)O)cc1. The summed E-state index contributed by atoms with van der Waals surface area (Å²) in [5, 5.41) is 0. The zero-order valence-corrected chi connectivity index (χ0v) is 14.5.